The number of anilines is 3. The Balaban J connectivity index is 1.85. The fourth-order valence-corrected chi connectivity index (χ4v) is 2.63. The highest BCUT2D eigenvalue weighted by Crippen LogP contribution is 2.35. The number of hydrogen-bond donors (Lipinski definition) is 2. The molecule has 3 N–H and O–H groups in total. The molecule has 3 rings (SSSR count). The zero-order valence-corrected chi connectivity index (χ0v) is 16.4. The maximum atomic E-state index is 6.23. The molecule has 0 bridgehead atoms. The van der Waals surface area contributed by atoms with E-state index in [0.717, 1.165) is 0 Å². The molecule has 0 amide bonds. The molecule has 146 valence electrons. The maximum Gasteiger partial charge on any atom is 0.248 e. The van der Waals surface area contributed by atoms with Crippen molar-refractivity contribution >= 4 is 17.2 Å². The summed E-state index contributed by atoms with van der Waals surface area (Å²) in [6.45, 7) is 4.28. The minimum Gasteiger partial charge on any atom is -0.497 e. The first-order valence-corrected chi connectivity index (χ1v) is 8.89. The van der Waals surface area contributed by atoms with Crippen molar-refractivity contribution in [2.75, 3.05) is 25.3 Å². The predicted molar refractivity (Wildman–Crippen MR) is 110 cm³/mol. The van der Waals surface area contributed by atoms with Crippen molar-refractivity contribution in [1.82, 2.24) is 9.97 Å². The molecule has 0 spiro atoms. The minimum atomic E-state index is 0.275. The number of nitrogens with zero attached hydrogens (tertiary/aromatic N) is 2. The van der Waals surface area contributed by atoms with Crippen LogP contribution in [0.15, 0.2) is 48.8 Å². The van der Waals surface area contributed by atoms with E-state index in [4.69, 9.17) is 19.9 Å². The van der Waals surface area contributed by atoms with Crippen molar-refractivity contribution < 1.29 is 14.2 Å². The van der Waals surface area contributed by atoms with Crippen molar-refractivity contribution in [3.8, 4) is 23.1 Å². The third kappa shape index (κ3) is 4.25. The molecule has 0 unspecified atom stereocenters. The Bertz CT molecular complexity index is 943. The van der Waals surface area contributed by atoms with Gasteiger partial charge < -0.3 is 25.3 Å². The third-order valence-electron chi connectivity index (χ3n) is 4.27. The Morgan fingerprint density at radius 1 is 0.929 bits per heavy atom. The second-order valence-electron chi connectivity index (χ2n) is 6.46. The summed E-state index contributed by atoms with van der Waals surface area (Å²) in [5.74, 6) is 3.10. The van der Waals surface area contributed by atoms with Gasteiger partial charge in [-0.25, -0.2) is 4.98 Å². The van der Waals surface area contributed by atoms with Crippen LogP contribution in [-0.4, -0.2) is 24.2 Å². The van der Waals surface area contributed by atoms with E-state index in [-0.39, 0.29) is 5.88 Å². The van der Waals surface area contributed by atoms with E-state index in [1.54, 1.807) is 26.4 Å². The lowest BCUT2D eigenvalue weighted by atomic mass is 10.0. The number of nitrogen functional groups attached to an aromatic ring is 1. The van der Waals surface area contributed by atoms with Gasteiger partial charge in [0.25, 0.3) is 0 Å². The maximum absolute atomic E-state index is 6.23. The molecular formula is C21H24N4O3. The van der Waals surface area contributed by atoms with Crippen LogP contribution in [0.5, 0.6) is 23.1 Å². The number of nitrogens with two attached hydrogens (primary N) is 1. The van der Waals surface area contributed by atoms with E-state index < -0.39 is 0 Å². The van der Waals surface area contributed by atoms with E-state index in [9.17, 15) is 0 Å². The summed E-state index contributed by atoms with van der Waals surface area (Å²) < 4.78 is 16.5. The molecule has 0 aliphatic rings. The lowest BCUT2D eigenvalue weighted by molar-refractivity contribution is 0.405. The van der Waals surface area contributed by atoms with Gasteiger partial charge in [0.2, 0.25) is 5.88 Å². The molecule has 7 nitrogen and oxygen atoms in total. The molecule has 0 aliphatic carbocycles. The van der Waals surface area contributed by atoms with Gasteiger partial charge in [0.15, 0.2) is 5.82 Å². The van der Waals surface area contributed by atoms with Crippen LogP contribution in [0, 0.1) is 0 Å². The number of methoxy groups -OCH3 is 2. The standard InChI is InChI=1S/C21H24N4O3/c1-13(2)14-5-7-15(8-6-14)28-21-19(22)20(23-12-24-21)25-17-11-16(26-3)9-10-18(17)27-4/h5-13H,22H2,1-4H3,(H,23,24,25). The van der Waals surface area contributed by atoms with Crippen LogP contribution < -0.4 is 25.3 Å². The van der Waals surface area contributed by atoms with Gasteiger partial charge in [0.1, 0.15) is 29.3 Å². The molecule has 0 atom stereocenters. The summed E-state index contributed by atoms with van der Waals surface area (Å²) >= 11 is 0. The third-order valence-corrected chi connectivity index (χ3v) is 4.27. The molecule has 0 saturated carbocycles. The second kappa shape index (κ2) is 8.47. The summed E-state index contributed by atoms with van der Waals surface area (Å²) in [4.78, 5) is 8.38. The van der Waals surface area contributed by atoms with Gasteiger partial charge in [-0.15, -0.1) is 0 Å². The number of hydrogen-bond acceptors (Lipinski definition) is 7. The summed E-state index contributed by atoms with van der Waals surface area (Å²) in [6, 6.07) is 13.2. The Morgan fingerprint density at radius 2 is 1.64 bits per heavy atom. The van der Waals surface area contributed by atoms with Crippen molar-refractivity contribution in [3.63, 3.8) is 0 Å². The molecule has 0 fully saturated rings. The number of benzene rings is 2. The fraction of sp³-hybridized carbons (Fsp3) is 0.238. The molecule has 0 saturated heterocycles. The van der Waals surface area contributed by atoms with Gasteiger partial charge in [-0.3, -0.25) is 0 Å². The SMILES string of the molecule is COc1ccc(OC)c(Nc2ncnc(Oc3ccc(C(C)C)cc3)c2N)c1. The van der Waals surface area contributed by atoms with E-state index in [1.807, 2.05) is 30.3 Å². The molecule has 28 heavy (non-hydrogen) atoms. The zero-order chi connectivity index (χ0) is 20.1. The largest absolute Gasteiger partial charge is 0.497 e. The van der Waals surface area contributed by atoms with Crippen LogP contribution in [0.3, 0.4) is 0 Å². The van der Waals surface area contributed by atoms with Gasteiger partial charge >= 0.3 is 0 Å². The van der Waals surface area contributed by atoms with Crippen LogP contribution >= 0.6 is 0 Å². The molecule has 0 radical (unpaired) electrons. The summed E-state index contributed by atoms with van der Waals surface area (Å²) in [5, 5.41) is 3.16. The van der Waals surface area contributed by atoms with Crippen LogP contribution in [0.1, 0.15) is 25.3 Å². The fourth-order valence-electron chi connectivity index (χ4n) is 2.63. The van der Waals surface area contributed by atoms with Crippen molar-refractivity contribution in [2.45, 2.75) is 19.8 Å². The van der Waals surface area contributed by atoms with E-state index >= 15 is 0 Å². The van der Waals surface area contributed by atoms with Crippen LogP contribution in [-0.2, 0) is 0 Å². The van der Waals surface area contributed by atoms with E-state index in [2.05, 4.69) is 29.1 Å². The molecule has 1 heterocycles. The number of ether oxygens (including phenoxy) is 3. The van der Waals surface area contributed by atoms with Crippen LogP contribution in [0.2, 0.25) is 0 Å². The number of aromatic nitrogens is 2. The summed E-state index contributed by atoms with van der Waals surface area (Å²) in [6.07, 6.45) is 1.39. The smallest absolute Gasteiger partial charge is 0.248 e. The van der Waals surface area contributed by atoms with Gasteiger partial charge in [-0.05, 0) is 35.7 Å². The van der Waals surface area contributed by atoms with E-state index in [0.29, 0.717) is 40.4 Å². The highest BCUT2D eigenvalue weighted by Gasteiger charge is 2.13. The van der Waals surface area contributed by atoms with Gasteiger partial charge in [0, 0.05) is 6.07 Å². The van der Waals surface area contributed by atoms with Crippen LogP contribution in [0.4, 0.5) is 17.2 Å². The van der Waals surface area contributed by atoms with Gasteiger partial charge in [-0.2, -0.15) is 4.98 Å². The molecule has 3 aromatic rings. The Labute approximate surface area is 164 Å². The van der Waals surface area contributed by atoms with Crippen molar-refractivity contribution in [2.24, 2.45) is 0 Å². The molecule has 2 aromatic carbocycles. The molecule has 0 aliphatic heterocycles. The summed E-state index contributed by atoms with van der Waals surface area (Å²) in [7, 11) is 3.19. The first kappa shape index (κ1) is 19.3. The molecule has 1 aromatic heterocycles. The highest BCUT2D eigenvalue weighted by atomic mass is 16.5. The van der Waals surface area contributed by atoms with Gasteiger partial charge in [-0.1, -0.05) is 26.0 Å². The molecule has 7 heteroatoms. The lowest BCUT2D eigenvalue weighted by Gasteiger charge is -2.15. The monoisotopic (exact) mass is 380 g/mol. The number of rotatable bonds is 7. The first-order chi connectivity index (χ1) is 13.5. The van der Waals surface area contributed by atoms with E-state index in [1.165, 1.54) is 11.9 Å². The average Bonchev–Trinajstić information content (AvgIpc) is 2.71. The Kier molecular flexibility index (Phi) is 5.84. The topological polar surface area (TPSA) is 91.5 Å². The second-order valence-corrected chi connectivity index (χ2v) is 6.46. The number of nitrogens with one attached hydrogen (secondary N) is 1. The quantitative estimate of drug-likeness (QED) is 0.612. The zero-order valence-electron chi connectivity index (χ0n) is 16.4. The Morgan fingerprint density at radius 3 is 2.29 bits per heavy atom. The lowest BCUT2D eigenvalue weighted by Crippen LogP contribution is -2.04. The minimum absolute atomic E-state index is 0.275. The summed E-state index contributed by atoms with van der Waals surface area (Å²) in [5.41, 5.74) is 8.42. The highest BCUT2D eigenvalue weighted by molar-refractivity contribution is 5.75. The van der Waals surface area contributed by atoms with Crippen LogP contribution in [0.25, 0.3) is 0 Å². The first-order valence-electron chi connectivity index (χ1n) is 8.89. The van der Waals surface area contributed by atoms with Crippen molar-refractivity contribution in [1.29, 1.82) is 0 Å². The van der Waals surface area contributed by atoms with Gasteiger partial charge in [0.05, 0.1) is 19.9 Å². The van der Waals surface area contributed by atoms with Crippen molar-refractivity contribution in [3.05, 3.63) is 54.4 Å². The normalized spacial score (nSPS) is 10.6. The average molecular weight is 380 g/mol. The Hall–Kier alpha value is -3.48. The predicted octanol–water partition coefficient (Wildman–Crippen LogP) is 4.74. The molecular weight excluding hydrogens is 356 g/mol.